The van der Waals surface area contributed by atoms with E-state index in [1.165, 1.54) is 17.3 Å². The molecular formula is C22H19ClN6OS. The molecule has 1 aliphatic heterocycles. The van der Waals surface area contributed by atoms with E-state index in [0.29, 0.717) is 23.1 Å². The second kappa shape index (κ2) is 8.64. The topological polar surface area (TPSA) is 76.3 Å². The van der Waals surface area contributed by atoms with Crippen LogP contribution in [0.5, 0.6) is 0 Å². The van der Waals surface area contributed by atoms with Crippen molar-refractivity contribution in [2.45, 2.75) is 17.4 Å². The van der Waals surface area contributed by atoms with E-state index >= 15 is 0 Å². The van der Waals surface area contributed by atoms with Gasteiger partial charge in [0.05, 0.1) is 5.75 Å². The molecule has 4 aromatic rings. The quantitative estimate of drug-likeness (QED) is 0.428. The van der Waals surface area contributed by atoms with Crippen LogP contribution in [0.1, 0.15) is 17.9 Å². The molecule has 31 heavy (non-hydrogen) atoms. The third kappa shape index (κ3) is 4.26. The minimum Gasteiger partial charge on any atom is -0.341 e. The van der Waals surface area contributed by atoms with E-state index in [2.05, 4.69) is 26.3 Å². The molecule has 3 aromatic heterocycles. The molecule has 4 heterocycles. The zero-order valence-electron chi connectivity index (χ0n) is 16.6. The predicted octanol–water partition coefficient (Wildman–Crippen LogP) is 3.95. The number of fused-ring (bicyclic) bond motifs is 1. The van der Waals surface area contributed by atoms with Crippen molar-refractivity contribution in [1.29, 1.82) is 0 Å². The Labute approximate surface area is 188 Å². The maximum absolute atomic E-state index is 12.8. The van der Waals surface area contributed by atoms with Crippen LogP contribution in [0.2, 0.25) is 5.02 Å². The van der Waals surface area contributed by atoms with Crippen LogP contribution in [0.25, 0.3) is 17.0 Å². The number of benzene rings is 1. The molecule has 7 nitrogen and oxygen atoms in total. The van der Waals surface area contributed by atoms with Crippen LogP contribution in [0.4, 0.5) is 0 Å². The number of likely N-dealkylation sites (tertiary alicyclic amines) is 1. The standard InChI is InChI=1S/C22H19ClN6OS/c23-18-5-1-3-15(11-18)17-8-10-28(13-17)21(30)14-31-20-7-6-19-25-26-22(29(19)27-20)16-4-2-9-24-12-16/h1-7,9,11-12,17H,8,10,13-14H2/t17-/m1/s1. The first kappa shape index (κ1) is 20.0. The van der Waals surface area contributed by atoms with Gasteiger partial charge in [0.15, 0.2) is 11.5 Å². The van der Waals surface area contributed by atoms with Crippen molar-refractivity contribution in [3.05, 3.63) is 71.5 Å². The fourth-order valence-corrected chi connectivity index (χ4v) is 4.73. The average Bonchev–Trinajstić information content (AvgIpc) is 3.45. The van der Waals surface area contributed by atoms with Crippen LogP contribution < -0.4 is 0 Å². The van der Waals surface area contributed by atoms with Gasteiger partial charge in [-0.1, -0.05) is 35.5 Å². The number of aromatic nitrogens is 5. The molecule has 0 spiro atoms. The van der Waals surface area contributed by atoms with Crippen molar-refractivity contribution in [1.82, 2.24) is 29.7 Å². The van der Waals surface area contributed by atoms with Gasteiger partial charge >= 0.3 is 0 Å². The summed E-state index contributed by atoms with van der Waals surface area (Å²) in [6.07, 6.45) is 4.39. The first-order chi connectivity index (χ1) is 15.2. The summed E-state index contributed by atoms with van der Waals surface area (Å²) in [4.78, 5) is 18.8. The van der Waals surface area contributed by atoms with Crippen LogP contribution in [0, 0.1) is 0 Å². The number of amides is 1. The lowest BCUT2D eigenvalue weighted by Gasteiger charge is -2.16. The SMILES string of the molecule is O=C(CSc1ccc2nnc(-c3cccnc3)n2n1)N1CC[C@@H](c2cccc(Cl)c2)C1. The van der Waals surface area contributed by atoms with Gasteiger partial charge in [-0.2, -0.15) is 9.61 Å². The smallest absolute Gasteiger partial charge is 0.233 e. The minimum atomic E-state index is 0.118. The summed E-state index contributed by atoms with van der Waals surface area (Å²) >= 11 is 7.54. The molecule has 0 unspecified atom stereocenters. The van der Waals surface area contributed by atoms with Crippen molar-refractivity contribution in [3.8, 4) is 11.4 Å². The zero-order chi connectivity index (χ0) is 21.2. The number of hydrogen-bond donors (Lipinski definition) is 0. The molecular weight excluding hydrogens is 432 g/mol. The molecule has 0 radical (unpaired) electrons. The molecule has 9 heteroatoms. The lowest BCUT2D eigenvalue weighted by Crippen LogP contribution is -2.30. The summed E-state index contributed by atoms with van der Waals surface area (Å²) in [6.45, 7) is 1.49. The van der Waals surface area contributed by atoms with Crippen molar-refractivity contribution < 1.29 is 4.79 Å². The Morgan fingerprint density at radius 1 is 1.16 bits per heavy atom. The van der Waals surface area contributed by atoms with Crippen molar-refractivity contribution in [2.75, 3.05) is 18.8 Å². The van der Waals surface area contributed by atoms with Gasteiger partial charge in [-0.05, 0) is 48.4 Å². The number of carbonyl (C=O) groups is 1. The van der Waals surface area contributed by atoms with Crippen LogP contribution in [0.3, 0.4) is 0 Å². The van der Waals surface area contributed by atoms with E-state index in [1.54, 1.807) is 16.9 Å². The second-order valence-electron chi connectivity index (χ2n) is 7.38. The molecule has 1 aromatic carbocycles. The first-order valence-electron chi connectivity index (χ1n) is 9.96. The van der Waals surface area contributed by atoms with E-state index in [9.17, 15) is 4.79 Å². The molecule has 1 amide bonds. The van der Waals surface area contributed by atoms with Crippen molar-refractivity contribution >= 4 is 34.9 Å². The largest absolute Gasteiger partial charge is 0.341 e. The highest BCUT2D eigenvalue weighted by molar-refractivity contribution is 7.99. The van der Waals surface area contributed by atoms with E-state index in [-0.39, 0.29) is 5.91 Å². The fourth-order valence-electron chi connectivity index (χ4n) is 3.77. The Morgan fingerprint density at radius 2 is 2.10 bits per heavy atom. The summed E-state index contributed by atoms with van der Waals surface area (Å²) < 4.78 is 1.69. The maximum atomic E-state index is 12.8. The summed E-state index contributed by atoms with van der Waals surface area (Å²) in [6, 6.07) is 15.4. The van der Waals surface area contributed by atoms with Crippen molar-refractivity contribution in [2.24, 2.45) is 0 Å². The van der Waals surface area contributed by atoms with E-state index in [0.717, 1.165) is 35.1 Å². The lowest BCUT2D eigenvalue weighted by atomic mass is 9.99. The normalized spacial score (nSPS) is 16.2. The van der Waals surface area contributed by atoms with Crippen LogP contribution in [-0.2, 0) is 4.79 Å². The first-order valence-corrected chi connectivity index (χ1v) is 11.3. The third-order valence-corrected chi connectivity index (χ3v) is 6.50. The predicted molar refractivity (Wildman–Crippen MR) is 120 cm³/mol. The summed E-state index contributed by atoms with van der Waals surface area (Å²) in [5, 5.41) is 14.5. The fraction of sp³-hybridized carbons (Fsp3) is 0.227. The molecule has 0 N–H and O–H groups in total. The Bertz CT molecular complexity index is 1230. The molecule has 156 valence electrons. The maximum Gasteiger partial charge on any atom is 0.233 e. The molecule has 1 fully saturated rings. The molecule has 0 bridgehead atoms. The van der Waals surface area contributed by atoms with Gasteiger partial charge < -0.3 is 4.90 Å². The Kier molecular flexibility index (Phi) is 5.57. The Hall–Kier alpha value is -2.97. The third-order valence-electron chi connectivity index (χ3n) is 5.36. The number of nitrogens with zero attached hydrogens (tertiary/aromatic N) is 6. The summed E-state index contributed by atoms with van der Waals surface area (Å²) in [5.41, 5.74) is 2.68. The molecule has 1 aliphatic rings. The number of halogens is 1. The van der Waals surface area contributed by atoms with Crippen LogP contribution >= 0.6 is 23.4 Å². The summed E-state index contributed by atoms with van der Waals surface area (Å²) in [5.74, 6) is 1.42. The number of thioether (sulfide) groups is 1. The van der Waals surface area contributed by atoms with Crippen LogP contribution in [0.15, 0.2) is 66.0 Å². The van der Waals surface area contributed by atoms with E-state index in [1.807, 2.05) is 47.4 Å². The minimum absolute atomic E-state index is 0.118. The monoisotopic (exact) mass is 450 g/mol. The van der Waals surface area contributed by atoms with E-state index in [4.69, 9.17) is 11.6 Å². The number of hydrogen-bond acceptors (Lipinski definition) is 6. The second-order valence-corrected chi connectivity index (χ2v) is 8.81. The number of carbonyl (C=O) groups excluding carboxylic acids is 1. The van der Waals surface area contributed by atoms with Gasteiger partial charge in [-0.15, -0.1) is 10.2 Å². The highest BCUT2D eigenvalue weighted by Gasteiger charge is 2.27. The molecule has 0 saturated carbocycles. The average molecular weight is 451 g/mol. The molecule has 1 saturated heterocycles. The number of rotatable bonds is 5. The van der Waals surface area contributed by atoms with Gasteiger partial charge in [0, 0.05) is 42.0 Å². The van der Waals surface area contributed by atoms with Crippen LogP contribution in [-0.4, -0.2) is 54.4 Å². The molecule has 1 atom stereocenters. The lowest BCUT2D eigenvalue weighted by molar-refractivity contribution is -0.127. The van der Waals surface area contributed by atoms with Crippen molar-refractivity contribution in [3.63, 3.8) is 0 Å². The van der Waals surface area contributed by atoms with Gasteiger partial charge in [0.1, 0.15) is 5.03 Å². The van der Waals surface area contributed by atoms with E-state index < -0.39 is 0 Å². The Balaban J connectivity index is 1.25. The van der Waals surface area contributed by atoms with Gasteiger partial charge in [0.25, 0.3) is 0 Å². The number of pyridine rings is 1. The van der Waals surface area contributed by atoms with Gasteiger partial charge in [-0.3, -0.25) is 9.78 Å². The molecule has 0 aliphatic carbocycles. The zero-order valence-corrected chi connectivity index (χ0v) is 18.1. The Morgan fingerprint density at radius 3 is 2.94 bits per heavy atom. The highest BCUT2D eigenvalue weighted by Crippen LogP contribution is 2.29. The van der Waals surface area contributed by atoms with Gasteiger partial charge in [0.2, 0.25) is 5.91 Å². The molecule has 5 rings (SSSR count). The van der Waals surface area contributed by atoms with Gasteiger partial charge in [-0.25, -0.2) is 0 Å². The summed E-state index contributed by atoms with van der Waals surface area (Å²) in [7, 11) is 0. The highest BCUT2D eigenvalue weighted by atomic mass is 35.5.